The fourth-order valence-electron chi connectivity index (χ4n) is 1.35. The number of primary sulfonamides is 1. The molecule has 0 amide bonds. The number of rotatable bonds is 4. The van der Waals surface area contributed by atoms with Crippen molar-refractivity contribution in [1.29, 1.82) is 0 Å². The lowest BCUT2D eigenvalue weighted by Crippen LogP contribution is -2.17. The lowest BCUT2D eigenvalue weighted by molar-refractivity contribution is 0.586. The van der Waals surface area contributed by atoms with E-state index in [9.17, 15) is 8.42 Å². The van der Waals surface area contributed by atoms with Gasteiger partial charge in [0.05, 0.1) is 15.9 Å². The molecule has 0 saturated heterocycles. The quantitative estimate of drug-likeness (QED) is 0.901. The summed E-state index contributed by atoms with van der Waals surface area (Å²) in [6, 6.07) is 0. The molecule has 86 valence electrons. The van der Waals surface area contributed by atoms with Gasteiger partial charge in [-0.1, -0.05) is 6.92 Å². The highest BCUT2D eigenvalue weighted by Gasteiger charge is 2.17. The molecular formula is C8H14BrN3O2S. The molecule has 1 rings (SSSR count). The molecule has 0 aliphatic heterocycles. The molecule has 0 bridgehead atoms. The topological polar surface area (TPSA) is 78.0 Å². The maximum Gasteiger partial charge on any atom is 0.214 e. The van der Waals surface area contributed by atoms with Gasteiger partial charge in [-0.3, -0.25) is 4.68 Å². The molecule has 0 aliphatic rings. The molecule has 0 radical (unpaired) electrons. The van der Waals surface area contributed by atoms with E-state index in [4.69, 9.17) is 5.14 Å². The molecule has 0 aromatic carbocycles. The Morgan fingerprint density at radius 3 is 2.47 bits per heavy atom. The zero-order chi connectivity index (χ0) is 11.6. The van der Waals surface area contributed by atoms with Crippen molar-refractivity contribution in [3.8, 4) is 0 Å². The minimum atomic E-state index is -3.52. The Hall–Kier alpha value is -0.400. The van der Waals surface area contributed by atoms with Gasteiger partial charge in [0.1, 0.15) is 5.75 Å². The number of nitrogens with zero attached hydrogens (tertiary/aromatic N) is 2. The van der Waals surface area contributed by atoms with Gasteiger partial charge in [0.25, 0.3) is 0 Å². The minimum Gasteiger partial charge on any atom is -0.267 e. The number of nitrogens with two attached hydrogens (primary N) is 1. The Balaban J connectivity index is 3.20. The first-order valence-electron chi connectivity index (χ1n) is 4.63. The minimum absolute atomic E-state index is 0.186. The maximum absolute atomic E-state index is 11.0. The first kappa shape index (κ1) is 12.7. The van der Waals surface area contributed by atoms with Gasteiger partial charge in [-0.25, -0.2) is 13.6 Å². The van der Waals surface area contributed by atoms with Gasteiger partial charge < -0.3 is 0 Å². The molecule has 2 N–H and O–H groups in total. The number of aryl methyl sites for hydroxylation is 2. The van der Waals surface area contributed by atoms with Crippen LogP contribution < -0.4 is 5.14 Å². The highest BCUT2D eigenvalue weighted by molar-refractivity contribution is 9.10. The number of sulfonamides is 1. The van der Waals surface area contributed by atoms with Crippen LogP contribution in [0.5, 0.6) is 0 Å². The molecule has 5 nitrogen and oxygen atoms in total. The molecule has 7 heteroatoms. The largest absolute Gasteiger partial charge is 0.267 e. The highest BCUT2D eigenvalue weighted by Crippen LogP contribution is 2.23. The first-order valence-corrected chi connectivity index (χ1v) is 7.14. The zero-order valence-corrected chi connectivity index (χ0v) is 11.1. The molecule has 0 saturated carbocycles. The second-order valence-corrected chi connectivity index (χ2v) is 5.59. The van der Waals surface area contributed by atoms with Crippen molar-refractivity contribution in [3.63, 3.8) is 0 Å². The Labute approximate surface area is 97.8 Å². The van der Waals surface area contributed by atoms with Crippen LogP contribution in [0.1, 0.15) is 25.2 Å². The van der Waals surface area contributed by atoms with E-state index in [2.05, 4.69) is 21.0 Å². The summed E-state index contributed by atoms with van der Waals surface area (Å²) >= 11 is 3.35. The van der Waals surface area contributed by atoms with E-state index in [0.717, 1.165) is 16.6 Å². The summed E-state index contributed by atoms with van der Waals surface area (Å²) in [7, 11) is -3.52. The molecule has 15 heavy (non-hydrogen) atoms. The number of aromatic nitrogens is 2. The Kier molecular flexibility index (Phi) is 3.91. The average molecular weight is 296 g/mol. The summed E-state index contributed by atoms with van der Waals surface area (Å²) < 4.78 is 24.5. The normalized spacial score (nSPS) is 12.0. The second-order valence-electron chi connectivity index (χ2n) is 3.18. The molecule has 1 heterocycles. The van der Waals surface area contributed by atoms with Crippen LogP contribution in [0.2, 0.25) is 0 Å². The Bertz CT molecular complexity index is 453. The second kappa shape index (κ2) is 4.63. The predicted octanol–water partition coefficient (Wildman–Crippen LogP) is 1.02. The van der Waals surface area contributed by atoms with Crippen molar-refractivity contribution < 1.29 is 8.42 Å². The number of halogens is 1. The van der Waals surface area contributed by atoms with Crippen molar-refractivity contribution >= 4 is 26.0 Å². The van der Waals surface area contributed by atoms with Gasteiger partial charge in [0.15, 0.2) is 0 Å². The van der Waals surface area contributed by atoms with Crippen molar-refractivity contribution in [2.45, 2.75) is 32.6 Å². The van der Waals surface area contributed by atoms with Crippen LogP contribution in [0.25, 0.3) is 0 Å². The Morgan fingerprint density at radius 2 is 2.07 bits per heavy atom. The highest BCUT2D eigenvalue weighted by atomic mass is 79.9. The van der Waals surface area contributed by atoms with Gasteiger partial charge in [0, 0.05) is 6.54 Å². The van der Waals surface area contributed by atoms with E-state index in [1.54, 1.807) is 4.68 Å². The Morgan fingerprint density at radius 1 is 1.47 bits per heavy atom. The number of hydrogen-bond donors (Lipinski definition) is 1. The summed E-state index contributed by atoms with van der Waals surface area (Å²) in [6.07, 6.45) is 0.755. The van der Waals surface area contributed by atoms with Crippen LogP contribution in [0.15, 0.2) is 4.47 Å². The lowest BCUT2D eigenvalue weighted by atomic mass is 10.3. The van der Waals surface area contributed by atoms with Crippen molar-refractivity contribution in [1.82, 2.24) is 9.78 Å². The monoisotopic (exact) mass is 295 g/mol. The molecule has 0 atom stereocenters. The van der Waals surface area contributed by atoms with Gasteiger partial charge in [0.2, 0.25) is 10.0 Å². The number of hydrogen-bond acceptors (Lipinski definition) is 3. The molecule has 0 spiro atoms. The fourth-order valence-corrected chi connectivity index (χ4v) is 2.91. The van der Waals surface area contributed by atoms with E-state index < -0.39 is 10.0 Å². The standard InChI is InChI=1S/C8H14BrN3O2S/c1-3-6-8(9)7(5-15(10,13)14)12(4-2)11-6/h3-5H2,1-2H3,(H2,10,13,14). The summed E-state index contributed by atoms with van der Waals surface area (Å²) in [5, 5.41) is 9.30. The van der Waals surface area contributed by atoms with Crippen molar-refractivity contribution in [2.75, 3.05) is 0 Å². The zero-order valence-electron chi connectivity index (χ0n) is 8.70. The van der Waals surface area contributed by atoms with Crippen LogP contribution in [0.3, 0.4) is 0 Å². The summed E-state index contributed by atoms with van der Waals surface area (Å²) in [5.74, 6) is -0.186. The molecule has 0 aliphatic carbocycles. The third-order valence-electron chi connectivity index (χ3n) is 2.03. The van der Waals surface area contributed by atoms with Gasteiger partial charge in [-0.15, -0.1) is 0 Å². The summed E-state index contributed by atoms with van der Waals surface area (Å²) in [5.41, 5.74) is 1.48. The van der Waals surface area contributed by atoms with Crippen molar-refractivity contribution in [3.05, 3.63) is 15.9 Å². The van der Waals surface area contributed by atoms with E-state index in [1.807, 2.05) is 13.8 Å². The summed E-state index contributed by atoms with van der Waals surface area (Å²) in [4.78, 5) is 0. The summed E-state index contributed by atoms with van der Waals surface area (Å²) in [6.45, 7) is 4.50. The van der Waals surface area contributed by atoms with Gasteiger partial charge in [-0.05, 0) is 29.3 Å². The van der Waals surface area contributed by atoms with E-state index >= 15 is 0 Å². The molecular weight excluding hydrogens is 282 g/mol. The van der Waals surface area contributed by atoms with E-state index in [0.29, 0.717) is 12.2 Å². The van der Waals surface area contributed by atoms with Gasteiger partial charge >= 0.3 is 0 Å². The maximum atomic E-state index is 11.0. The van der Waals surface area contributed by atoms with Crippen LogP contribution in [-0.2, 0) is 28.7 Å². The van der Waals surface area contributed by atoms with Crippen LogP contribution in [-0.4, -0.2) is 18.2 Å². The molecule has 1 aromatic heterocycles. The fraction of sp³-hybridized carbons (Fsp3) is 0.625. The van der Waals surface area contributed by atoms with E-state index in [-0.39, 0.29) is 5.75 Å². The van der Waals surface area contributed by atoms with Gasteiger partial charge in [-0.2, -0.15) is 5.10 Å². The third kappa shape index (κ3) is 3.02. The smallest absolute Gasteiger partial charge is 0.214 e. The molecule has 0 unspecified atom stereocenters. The predicted molar refractivity (Wildman–Crippen MR) is 61.8 cm³/mol. The third-order valence-corrected chi connectivity index (χ3v) is 3.62. The van der Waals surface area contributed by atoms with E-state index in [1.165, 1.54) is 0 Å². The molecule has 1 aromatic rings. The SMILES string of the molecule is CCc1nn(CC)c(CS(N)(=O)=O)c1Br. The molecule has 0 fully saturated rings. The van der Waals surface area contributed by atoms with Crippen molar-refractivity contribution in [2.24, 2.45) is 5.14 Å². The average Bonchev–Trinajstić information content (AvgIpc) is 2.42. The van der Waals surface area contributed by atoms with Crippen LogP contribution in [0, 0.1) is 0 Å². The first-order chi connectivity index (χ1) is 6.89. The van der Waals surface area contributed by atoms with Crippen LogP contribution in [0.4, 0.5) is 0 Å². The lowest BCUT2D eigenvalue weighted by Gasteiger charge is -2.03. The van der Waals surface area contributed by atoms with Crippen LogP contribution >= 0.6 is 15.9 Å².